The molecule has 1 aliphatic carbocycles. The zero-order valence-corrected chi connectivity index (χ0v) is 24.0. The van der Waals surface area contributed by atoms with Crippen LogP contribution in [0.4, 0.5) is 0 Å². The SMILES string of the molecule is O=C(c1ccc(Oc2ccc(C3CCC4(CC3)OCCO4)cc2CO)cc1)N1CCN(Cc2ccc(Cl)cc2)CC1. The molecule has 1 amide bonds. The Kier molecular flexibility index (Phi) is 8.60. The molecule has 7 nitrogen and oxygen atoms in total. The maximum absolute atomic E-state index is 13.1. The van der Waals surface area contributed by atoms with Gasteiger partial charge < -0.3 is 24.2 Å². The van der Waals surface area contributed by atoms with E-state index in [1.54, 1.807) is 0 Å². The second kappa shape index (κ2) is 12.5. The Balaban J connectivity index is 1.02. The summed E-state index contributed by atoms with van der Waals surface area (Å²) < 4.78 is 17.9. The van der Waals surface area contributed by atoms with Crippen molar-refractivity contribution in [2.75, 3.05) is 39.4 Å². The van der Waals surface area contributed by atoms with Crippen LogP contribution in [-0.4, -0.2) is 66.0 Å². The van der Waals surface area contributed by atoms with E-state index in [-0.39, 0.29) is 18.3 Å². The summed E-state index contributed by atoms with van der Waals surface area (Å²) in [6, 6.07) is 21.3. The van der Waals surface area contributed by atoms with Gasteiger partial charge in [-0.3, -0.25) is 9.69 Å². The van der Waals surface area contributed by atoms with E-state index in [4.69, 9.17) is 25.8 Å². The normalized spacial score (nSPS) is 19.5. The molecule has 2 heterocycles. The van der Waals surface area contributed by atoms with E-state index in [0.29, 0.717) is 49.3 Å². The molecule has 6 rings (SSSR count). The first-order valence-electron chi connectivity index (χ1n) is 14.6. The first-order valence-corrected chi connectivity index (χ1v) is 14.9. The average molecular weight is 577 g/mol. The molecule has 1 saturated carbocycles. The first kappa shape index (κ1) is 28.2. The standard InChI is InChI=1S/C33H37ClN2O5/c34-29-6-1-24(2-7-29)22-35-15-17-36(18-16-35)32(38)26-3-8-30(9-4-26)41-31-10-5-27(21-28(31)23-37)25-11-13-33(14-12-25)39-19-20-40-33/h1-10,21,25,37H,11-20,22-23H2. The van der Waals surface area contributed by atoms with Gasteiger partial charge in [0, 0.05) is 61.7 Å². The van der Waals surface area contributed by atoms with Gasteiger partial charge in [0.25, 0.3) is 5.91 Å². The van der Waals surface area contributed by atoms with Crippen LogP contribution in [0.1, 0.15) is 58.6 Å². The molecule has 1 spiro atoms. The molecule has 3 fully saturated rings. The number of rotatable bonds is 7. The average Bonchev–Trinajstić information content (AvgIpc) is 3.47. The molecule has 0 radical (unpaired) electrons. The third kappa shape index (κ3) is 6.60. The zero-order chi connectivity index (χ0) is 28.2. The summed E-state index contributed by atoms with van der Waals surface area (Å²) in [6.07, 6.45) is 3.79. The number of hydrogen-bond acceptors (Lipinski definition) is 6. The van der Waals surface area contributed by atoms with Gasteiger partial charge in [-0.05, 0) is 78.4 Å². The molecule has 41 heavy (non-hydrogen) atoms. The lowest BCUT2D eigenvalue weighted by molar-refractivity contribution is -0.178. The summed E-state index contributed by atoms with van der Waals surface area (Å²) in [5, 5.41) is 10.8. The number of hydrogen-bond donors (Lipinski definition) is 1. The Hall–Kier alpha value is -2.94. The van der Waals surface area contributed by atoms with E-state index in [9.17, 15) is 9.90 Å². The van der Waals surface area contributed by atoms with Gasteiger partial charge in [0.2, 0.25) is 0 Å². The van der Waals surface area contributed by atoms with Gasteiger partial charge >= 0.3 is 0 Å². The fourth-order valence-electron chi connectivity index (χ4n) is 6.19. The summed E-state index contributed by atoms with van der Waals surface area (Å²) in [5.74, 6) is 1.33. The fraction of sp³-hybridized carbons (Fsp3) is 0.424. The summed E-state index contributed by atoms with van der Waals surface area (Å²) in [4.78, 5) is 17.4. The molecule has 216 valence electrons. The van der Waals surface area contributed by atoms with Crippen molar-refractivity contribution in [3.8, 4) is 11.5 Å². The molecule has 3 aromatic rings. The molecule has 8 heteroatoms. The van der Waals surface area contributed by atoms with Crippen molar-refractivity contribution in [3.63, 3.8) is 0 Å². The molecular weight excluding hydrogens is 540 g/mol. The maximum atomic E-state index is 13.1. The monoisotopic (exact) mass is 576 g/mol. The van der Waals surface area contributed by atoms with Gasteiger partial charge in [-0.25, -0.2) is 0 Å². The van der Waals surface area contributed by atoms with Crippen molar-refractivity contribution in [1.82, 2.24) is 9.80 Å². The molecular formula is C33H37ClN2O5. The molecule has 2 saturated heterocycles. The van der Waals surface area contributed by atoms with Crippen LogP contribution in [0.5, 0.6) is 11.5 Å². The molecule has 3 aliphatic rings. The van der Waals surface area contributed by atoms with E-state index >= 15 is 0 Å². The quantitative estimate of drug-likeness (QED) is 0.373. The number of nitrogens with zero attached hydrogens (tertiary/aromatic N) is 2. The fourth-order valence-corrected chi connectivity index (χ4v) is 6.31. The highest BCUT2D eigenvalue weighted by Crippen LogP contribution is 2.43. The molecule has 0 unspecified atom stereocenters. The molecule has 0 aromatic heterocycles. The van der Waals surface area contributed by atoms with E-state index in [0.717, 1.165) is 55.9 Å². The Morgan fingerprint density at radius 2 is 1.61 bits per heavy atom. The van der Waals surface area contributed by atoms with Gasteiger partial charge in [-0.15, -0.1) is 0 Å². The minimum absolute atomic E-state index is 0.0331. The largest absolute Gasteiger partial charge is 0.457 e. The first-order chi connectivity index (χ1) is 20.0. The van der Waals surface area contributed by atoms with Crippen molar-refractivity contribution in [1.29, 1.82) is 0 Å². The van der Waals surface area contributed by atoms with Gasteiger partial charge in [0.05, 0.1) is 19.8 Å². The number of ether oxygens (including phenoxy) is 3. The van der Waals surface area contributed by atoms with Gasteiger partial charge in [-0.1, -0.05) is 29.8 Å². The van der Waals surface area contributed by atoms with Crippen LogP contribution in [0.2, 0.25) is 5.02 Å². The van der Waals surface area contributed by atoms with Crippen LogP contribution in [-0.2, 0) is 22.6 Å². The van der Waals surface area contributed by atoms with Crippen LogP contribution in [0, 0.1) is 0 Å². The number of aliphatic hydroxyl groups excluding tert-OH is 1. The number of carbonyl (C=O) groups is 1. The lowest BCUT2D eigenvalue weighted by Gasteiger charge is -2.35. The van der Waals surface area contributed by atoms with Gasteiger partial charge in [-0.2, -0.15) is 0 Å². The molecule has 0 atom stereocenters. The Morgan fingerprint density at radius 1 is 0.927 bits per heavy atom. The third-order valence-corrected chi connectivity index (χ3v) is 8.85. The van der Waals surface area contributed by atoms with Crippen molar-refractivity contribution in [3.05, 3.63) is 94.0 Å². The van der Waals surface area contributed by atoms with Crippen LogP contribution in [0.15, 0.2) is 66.7 Å². The van der Waals surface area contributed by atoms with Crippen LogP contribution >= 0.6 is 11.6 Å². The van der Waals surface area contributed by atoms with Gasteiger partial charge in [0.1, 0.15) is 11.5 Å². The molecule has 2 aliphatic heterocycles. The number of amides is 1. The highest BCUT2D eigenvalue weighted by molar-refractivity contribution is 6.30. The van der Waals surface area contributed by atoms with E-state index in [2.05, 4.69) is 17.0 Å². The second-order valence-electron chi connectivity index (χ2n) is 11.2. The lowest BCUT2D eigenvalue weighted by Crippen LogP contribution is -2.48. The Morgan fingerprint density at radius 3 is 2.27 bits per heavy atom. The van der Waals surface area contributed by atoms with E-state index < -0.39 is 0 Å². The predicted molar refractivity (Wildman–Crippen MR) is 157 cm³/mol. The third-order valence-electron chi connectivity index (χ3n) is 8.60. The highest BCUT2D eigenvalue weighted by atomic mass is 35.5. The summed E-state index contributed by atoms with van der Waals surface area (Å²) in [5.41, 5.74) is 3.84. The predicted octanol–water partition coefficient (Wildman–Crippen LogP) is 5.98. The van der Waals surface area contributed by atoms with Gasteiger partial charge in [0.15, 0.2) is 5.79 Å². The zero-order valence-electron chi connectivity index (χ0n) is 23.3. The van der Waals surface area contributed by atoms with Crippen LogP contribution < -0.4 is 4.74 Å². The molecule has 0 bridgehead atoms. The van der Waals surface area contributed by atoms with Crippen LogP contribution in [0.3, 0.4) is 0 Å². The van der Waals surface area contributed by atoms with Crippen molar-refractivity contribution in [2.24, 2.45) is 0 Å². The smallest absolute Gasteiger partial charge is 0.253 e. The maximum Gasteiger partial charge on any atom is 0.253 e. The van der Waals surface area contributed by atoms with Crippen LogP contribution in [0.25, 0.3) is 0 Å². The second-order valence-corrected chi connectivity index (χ2v) is 11.7. The van der Waals surface area contributed by atoms with Crippen molar-refractivity contribution in [2.45, 2.75) is 50.5 Å². The van der Waals surface area contributed by atoms with Crippen molar-refractivity contribution >= 4 is 17.5 Å². The Bertz CT molecular complexity index is 1320. The number of carbonyl (C=O) groups excluding carboxylic acids is 1. The molecule has 3 aromatic carbocycles. The lowest BCUT2D eigenvalue weighted by atomic mass is 9.80. The summed E-state index contributed by atoms with van der Waals surface area (Å²) in [6.45, 7) is 5.17. The number of piperazine rings is 1. The summed E-state index contributed by atoms with van der Waals surface area (Å²) in [7, 11) is 0. The Labute approximate surface area is 246 Å². The minimum Gasteiger partial charge on any atom is -0.457 e. The number of aliphatic hydroxyl groups is 1. The van der Waals surface area contributed by atoms with E-state index in [1.807, 2.05) is 59.5 Å². The minimum atomic E-state index is -0.376. The highest BCUT2D eigenvalue weighted by Gasteiger charge is 2.40. The summed E-state index contributed by atoms with van der Waals surface area (Å²) >= 11 is 6.00. The van der Waals surface area contributed by atoms with E-state index in [1.165, 1.54) is 11.1 Å². The number of halogens is 1. The number of benzene rings is 3. The van der Waals surface area contributed by atoms with Crippen molar-refractivity contribution < 1.29 is 24.1 Å². The molecule has 1 N–H and O–H groups in total. The topological polar surface area (TPSA) is 71.5 Å².